The standard InChI is InChI=1S/C73H46N2O2.C37H18Br2O2.C18H15N/c1-5-21-47(22-6-1)49-37-41-53(42-38-49)74(51-25-9-3-10-26-51)63-45-61-69(71-67(63)57-31-15-19-35-65(57)76-71)70-62(73(61)59-33-17-13-29-55(59)56-30-14-18-34-60(56)73)46-64(68-58-32-16-20-36-66(58)77-72(68)70)75(52-27-11-4-12-28-52)54-43-39-50(40-44-54)48-23-7-2-8-24-48;38-27-17-25-33(35-31(27)21-11-3-7-15-29(21)40-35)34-26(18-28(39)32-22-12-4-8-16-30(22)41-36(32)34)37(25)23-13-5-1-9-19(23)20-10-2-6-14-24(20)37;1-3-7-15(8-4-1)16-11-13-18(14-12-16)19-17-9-5-2-6-10-17/h1-46H;1-18H;1-14,19H. The molecule has 21 aromatic carbocycles. The first kappa shape index (κ1) is 79.9. The van der Waals surface area contributed by atoms with Crippen LogP contribution < -0.4 is 15.1 Å². The molecule has 2 spiro atoms. The molecule has 644 valence electrons. The average molecular weight is 1880 g/mol. The first-order valence-corrected chi connectivity index (χ1v) is 48.0. The van der Waals surface area contributed by atoms with Crippen LogP contribution in [0.25, 0.3) is 166 Å². The Kier molecular flexibility index (Phi) is 18.6. The quantitative estimate of drug-likeness (QED) is 0.138. The van der Waals surface area contributed by atoms with Crippen LogP contribution in [0.3, 0.4) is 0 Å². The fraction of sp³-hybridized carbons (Fsp3) is 0.0156. The van der Waals surface area contributed by atoms with Crippen LogP contribution in [0.1, 0.15) is 44.5 Å². The summed E-state index contributed by atoms with van der Waals surface area (Å²) < 4.78 is 30.6. The average Bonchev–Trinajstić information content (AvgIpc) is 1.48. The van der Waals surface area contributed by atoms with E-state index in [4.69, 9.17) is 17.7 Å². The van der Waals surface area contributed by atoms with Crippen LogP contribution in [0.5, 0.6) is 0 Å². The first-order chi connectivity index (χ1) is 67.8. The molecule has 1 N–H and O–H groups in total. The van der Waals surface area contributed by atoms with Crippen molar-refractivity contribution in [2.75, 3.05) is 15.1 Å². The van der Waals surface area contributed by atoms with Gasteiger partial charge in [0.15, 0.2) is 0 Å². The van der Waals surface area contributed by atoms with E-state index in [0.717, 1.165) is 187 Å². The molecule has 4 heterocycles. The molecule has 0 unspecified atom stereocenters. The molecule has 0 fully saturated rings. The summed E-state index contributed by atoms with van der Waals surface area (Å²) in [7, 11) is 0. The van der Waals surface area contributed by atoms with Crippen molar-refractivity contribution in [3.63, 3.8) is 0 Å². The molecular formula is C128H79Br2N3O4. The lowest BCUT2D eigenvalue weighted by molar-refractivity contribution is 0.665. The Balaban J connectivity index is 0.000000130. The smallest absolute Gasteiger partial charge is 0.145 e. The summed E-state index contributed by atoms with van der Waals surface area (Å²) in [6.45, 7) is 0. The summed E-state index contributed by atoms with van der Waals surface area (Å²) in [6, 6.07) is 169. The summed E-state index contributed by atoms with van der Waals surface area (Å²) in [4.78, 5) is 4.86. The lowest BCUT2D eigenvalue weighted by Gasteiger charge is -2.33. The zero-order chi connectivity index (χ0) is 90.6. The van der Waals surface area contributed by atoms with Gasteiger partial charge in [0.2, 0.25) is 0 Å². The van der Waals surface area contributed by atoms with Gasteiger partial charge in [-0.15, -0.1) is 0 Å². The molecule has 0 bridgehead atoms. The molecule has 0 amide bonds. The molecule has 0 saturated carbocycles. The van der Waals surface area contributed by atoms with Gasteiger partial charge in [0.1, 0.15) is 44.7 Å². The number of nitrogens with one attached hydrogen (secondary N) is 1. The Bertz CT molecular complexity index is 8660. The number of benzene rings is 21. The number of fused-ring (bicyclic) bond motifs is 36. The van der Waals surface area contributed by atoms with Gasteiger partial charge in [0.25, 0.3) is 0 Å². The van der Waals surface area contributed by atoms with Crippen molar-refractivity contribution in [3.05, 3.63) is 527 Å². The highest BCUT2D eigenvalue weighted by molar-refractivity contribution is 9.11. The zero-order valence-corrected chi connectivity index (χ0v) is 77.0. The molecule has 0 saturated heterocycles. The highest BCUT2D eigenvalue weighted by Crippen LogP contribution is 2.70. The third-order valence-corrected chi connectivity index (χ3v) is 29.8. The number of nitrogens with zero attached hydrogens (tertiary/aromatic N) is 2. The van der Waals surface area contributed by atoms with E-state index >= 15 is 0 Å². The van der Waals surface area contributed by atoms with Crippen LogP contribution in [0, 0.1) is 0 Å². The molecule has 4 aromatic heterocycles. The van der Waals surface area contributed by atoms with E-state index < -0.39 is 10.8 Å². The van der Waals surface area contributed by atoms with Crippen LogP contribution in [0.2, 0.25) is 0 Å². The Hall–Kier alpha value is -16.8. The Labute approximate surface area is 806 Å². The van der Waals surface area contributed by atoms with Crippen molar-refractivity contribution in [1.29, 1.82) is 0 Å². The predicted molar refractivity (Wildman–Crippen MR) is 572 cm³/mol. The number of rotatable bonds is 11. The minimum atomic E-state index is -0.819. The van der Waals surface area contributed by atoms with Gasteiger partial charge in [-0.1, -0.05) is 384 Å². The number of para-hydroxylation sites is 7. The molecule has 0 aliphatic heterocycles. The third-order valence-electron chi connectivity index (χ3n) is 28.5. The lowest BCUT2D eigenvalue weighted by atomic mass is 9.70. The van der Waals surface area contributed by atoms with Crippen molar-refractivity contribution in [2.24, 2.45) is 0 Å². The third kappa shape index (κ3) is 12.3. The topological polar surface area (TPSA) is 71.1 Å². The fourth-order valence-corrected chi connectivity index (χ4v) is 24.1. The second-order valence-corrected chi connectivity index (χ2v) is 37.4. The van der Waals surface area contributed by atoms with Crippen molar-refractivity contribution in [1.82, 2.24) is 0 Å². The van der Waals surface area contributed by atoms with E-state index in [-0.39, 0.29) is 0 Å². The van der Waals surface area contributed by atoms with Crippen molar-refractivity contribution in [2.45, 2.75) is 10.8 Å². The predicted octanol–water partition coefficient (Wildman–Crippen LogP) is 36.6. The monoisotopic (exact) mass is 1880 g/mol. The van der Waals surface area contributed by atoms with E-state index in [2.05, 4.69) is 484 Å². The molecule has 4 aliphatic carbocycles. The Morgan fingerprint density at radius 2 is 0.431 bits per heavy atom. The van der Waals surface area contributed by atoms with Gasteiger partial charge in [-0.05, 0) is 221 Å². The first-order valence-electron chi connectivity index (χ1n) is 46.5. The summed E-state index contributed by atoms with van der Waals surface area (Å²) in [6.07, 6.45) is 0. The van der Waals surface area contributed by atoms with E-state index in [0.29, 0.717) is 0 Å². The molecule has 7 nitrogen and oxygen atoms in total. The number of hydrogen-bond acceptors (Lipinski definition) is 7. The van der Waals surface area contributed by atoms with Gasteiger partial charge in [0.05, 0.1) is 33.0 Å². The minimum absolute atomic E-state index is 0.525. The largest absolute Gasteiger partial charge is 0.455 e. The van der Waals surface area contributed by atoms with Crippen LogP contribution in [0.15, 0.2) is 500 Å². The van der Waals surface area contributed by atoms with Crippen LogP contribution in [-0.2, 0) is 10.8 Å². The number of halogens is 2. The van der Waals surface area contributed by atoms with Crippen LogP contribution >= 0.6 is 31.9 Å². The normalized spacial score (nSPS) is 12.9. The van der Waals surface area contributed by atoms with Crippen LogP contribution in [-0.4, -0.2) is 0 Å². The number of hydrogen-bond donors (Lipinski definition) is 1. The van der Waals surface area contributed by atoms with Crippen LogP contribution in [0.4, 0.5) is 45.5 Å². The van der Waals surface area contributed by atoms with Gasteiger partial charge in [-0.25, -0.2) is 0 Å². The van der Waals surface area contributed by atoms with Gasteiger partial charge in [-0.3, -0.25) is 0 Å². The van der Waals surface area contributed by atoms with Gasteiger partial charge in [0, 0.05) is 97.6 Å². The van der Waals surface area contributed by atoms with Gasteiger partial charge >= 0.3 is 0 Å². The SMILES string of the molecule is Brc1cc2c(c3oc4ccccc4c13)-c1c(cc(Br)c3c1oc1ccccc13)C21c2ccccc2-c2ccccc21.c1ccc(-c2ccc(N(c3ccccc3)c3cc4c(c5oc6ccccc6c35)-c3c(cc(N(c5ccccc5)c5ccc(-c6ccccc6)cc5)c5c3oc3ccccc35)C43c4ccccc4-c4ccccc43)cc2)cc1.c1ccc(Nc2ccc(-c3ccccc3)cc2)cc1. The Morgan fingerprint density at radius 1 is 0.197 bits per heavy atom. The van der Waals surface area contributed by atoms with E-state index in [1.165, 1.54) is 77.9 Å². The summed E-state index contributed by atoms with van der Waals surface area (Å²) >= 11 is 8.01. The van der Waals surface area contributed by atoms with Crippen molar-refractivity contribution < 1.29 is 17.7 Å². The molecule has 0 atom stereocenters. The molecular weight excluding hydrogens is 1800 g/mol. The van der Waals surface area contributed by atoms with Gasteiger partial charge in [-0.2, -0.15) is 0 Å². The second-order valence-electron chi connectivity index (χ2n) is 35.7. The van der Waals surface area contributed by atoms with Gasteiger partial charge < -0.3 is 32.8 Å². The van der Waals surface area contributed by atoms with E-state index in [9.17, 15) is 0 Å². The molecule has 0 radical (unpaired) electrons. The lowest BCUT2D eigenvalue weighted by Crippen LogP contribution is -2.26. The summed E-state index contributed by atoms with van der Waals surface area (Å²) in [5, 5.41) is 11.9. The fourth-order valence-electron chi connectivity index (χ4n) is 22.9. The Morgan fingerprint density at radius 3 is 0.759 bits per heavy atom. The second kappa shape index (κ2) is 32.0. The van der Waals surface area contributed by atoms with E-state index in [1.807, 2.05) is 36.4 Å². The maximum atomic E-state index is 7.48. The zero-order valence-electron chi connectivity index (χ0n) is 73.8. The summed E-state index contributed by atoms with van der Waals surface area (Å²) in [5.41, 5.74) is 40.1. The number of anilines is 8. The molecule has 9 heteroatoms. The van der Waals surface area contributed by atoms with Crippen molar-refractivity contribution in [3.8, 4) is 77.9 Å². The van der Waals surface area contributed by atoms with E-state index in [1.54, 1.807) is 0 Å². The van der Waals surface area contributed by atoms with Crippen molar-refractivity contribution >= 4 is 165 Å². The maximum absolute atomic E-state index is 7.48. The highest BCUT2D eigenvalue weighted by Gasteiger charge is 2.57. The molecule has 137 heavy (non-hydrogen) atoms. The molecule has 25 aromatic rings. The highest BCUT2D eigenvalue weighted by atomic mass is 79.9. The minimum Gasteiger partial charge on any atom is -0.455 e. The molecule has 4 aliphatic rings. The maximum Gasteiger partial charge on any atom is 0.145 e. The summed E-state index contributed by atoms with van der Waals surface area (Å²) in [5.74, 6) is 0. The molecule has 29 rings (SSSR count). The number of furan rings is 4.